The summed E-state index contributed by atoms with van der Waals surface area (Å²) in [4.78, 5) is 20.5. The molecule has 108 valence electrons. The van der Waals surface area contributed by atoms with Gasteiger partial charge in [0.1, 0.15) is 0 Å². The van der Waals surface area contributed by atoms with Gasteiger partial charge in [-0.15, -0.1) is 0 Å². The predicted molar refractivity (Wildman–Crippen MR) is 78.1 cm³/mol. The Balaban J connectivity index is 1.64. The van der Waals surface area contributed by atoms with Crippen LogP contribution < -0.4 is 0 Å². The molecule has 2 fully saturated rings. The van der Waals surface area contributed by atoms with E-state index in [1.165, 1.54) is 12.8 Å². The molecule has 4 heteroatoms. The van der Waals surface area contributed by atoms with E-state index in [-0.39, 0.29) is 5.91 Å². The molecule has 2 aliphatic heterocycles. The number of likely N-dealkylation sites (tertiary alicyclic amines) is 2. The molecule has 0 unspecified atom stereocenters. The van der Waals surface area contributed by atoms with Gasteiger partial charge in [0.2, 0.25) is 5.91 Å². The van der Waals surface area contributed by atoms with Gasteiger partial charge in [-0.3, -0.25) is 14.7 Å². The number of carbonyl (C=O) groups is 1. The zero-order valence-corrected chi connectivity index (χ0v) is 12.2. The number of hydrogen-bond acceptors (Lipinski definition) is 3. The molecule has 4 nitrogen and oxygen atoms in total. The molecule has 0 radical (unpaired) electrons. The lowest BCUT2D eigenvalue weighted by molar-refractivity contribution is -0.128. The Labute approximate surface area is 120 Å². The Morgan fingerprint density at radius 3 is 2.90 bits per heavy atom. The van der Waals surface area contributed by atoms with Crippen LogP contribution in [0.3, 0.4) is 0 Å². The Bertz CT molecular complexity index is 476. The molecule has 1 spiro atoms. The van der Waals surface area contributed by atoms with Gasteiger partial charge in [0.25, 0.3) is 0 Å². The van der Waals surface area contributed by atoms with Gasteiger partial charge in [-0.25, -0.2) is 0 Å². The minimum Gasteiger partial charge on any atom is -0.342 e. The summed E-state index contributed by atoms with van der Waals surface area (Å²) in [6.45, 7) is 6.76. The second-order valence-corrected chi connectivity index (χ2v) is 6.33. The molecule has 1 aromatic heterocycles. The first-order valence-electron chi connectivity index (χ1n) is 7.55. The molecule has 3 rings (SSSR count). The number of pyridine rings is 1. The first-order chi connectivity index (χ1) is 9.67. The number of aromatic nitrogens is 1. The summed E-state index contributed by atoms with van der Waals surface area (Å²) in [5.41, 5.74) is 1.48. The Morgan fingerprint density at radius 1 is 1.30 bits per heavy atom. The highest BCUT2D eigenvalue weighted by molar-refractivity contribution is 5.73. The van der Waals surface area contributed by atoms with Gasteiger partial charge in [0, 0.05) is 44.7 Å². The number of hydrogen-bond donors (Lipinski definition) is 0. The molecule has 1 aromatic rings. The van der Waals surface area contributed by atoms with E-state index in [0.29, 0.717) is 5.41 Å². The molecular formula is C16H23N3O. The molecule has 0 N–H and O–H groups in total. The maximum atomic E-state index is 11.5. The average Bonchev–Trinajstić information content (AvgIpc) is 2.84. The third-order valence-electron chi connectivity index (χ3n) is 4.74. The fraction of sp³-hybridized carbons (Fsp3) is 0.625. The van der Waals surface area contributed by atoms with Gasteiger partial charge in [-0.05, 0) is 37.9 Å². The van der Waals surface area contributed by atoms with Crippen molar-refractivity contribution in [3.63, 3.8) is 0 Å². The van der Waals surface area contributed by atoms with Crippen molar-refractivity contribution in [2.45, 2.75) is 32.7 Å². The molecule has 1 atom stereocenters. The van der Waals surface area contributed by atoms with Crippen molar-refractivity contribution in [3.05, 3.63) is 30.1 Å². The van der Waals surface area contributed by atoms with Crippen LogP contribution >= 0.6 is 0 Å². The second-order valence-electron chi connectivity index (χ2n) is 6.33. The molecule has 2 aliphatic rings. The number of amides is 1. The number of nitrogens with zero attached hydrogens (tertiary/aromatic N) is 3. The van der Waals surface area contributed by atoms with E-state index in [4.69, 9.17) is 0 Å². The molecule has 3 heterocycles. The second kappa shape index (κ2) is 5.52. The van der Waals surface area contributed by atoms with Crippen LogP contribution in [0.25, 0.3) is 0 Å². The van der Waals surface area contributed by atoms with Crippen molar-refractivity contribution in [2.75, 3.05) is 26.2 Å². The zero-order valence-electron chi connectivity index (χ0n) is 12.2. The summed E-state index contributed by atoms with van der Waals surface area (Å²) in [5, 5.41) is 0. The van der Waals surface area contributed by atoms with E-state index < -0.39 is 0 Å². The number of rotatable bonds is 2. The highest BCUT2D eigenvalue weighted by Gasteiger charge is 2.41. The largest absolute Gasteiger partial charge is 0.342 e. The van der Waals surface area contributed by atoms with E-state index >= 15 is 0 Å². The topological polar surface area (TPSA) is 36.4 Å². The lowest BCUT2D eigenvalue weighted by Gasteiger charge is -2.40. The molecule has 20 heavy (non-hydrogen) atoms. The smallest absolute Gasteiger partial charge is 0.219 e. The van der Waals surface area contributed by atoms with Crippen LogP contribution in [-0.2, 0) is 11.3 Å². The lowest BCUT2D eigenvalue weighted by Crippen LogP contribution is -2.44. The van der Waals surface area contributed by atoms with Gasteiger partial charge in [-0.2, -0.15) is 0 Å². The minimum atomic E-state index is 0.226. The van der Waals surface area contributed by atoms with E-state index in [1.54, 1.807) is 6.92 Å². The first-order valence-corrected chi connectivity index (χ1v) is 7.55. The molecule has 1 amide bonds. The number of piperidine rings is 1. The zero-order chi connectivity index (χ0) is 14.0. The van der Waals surface area contributed by atoms with Crippen molar-refractivity contribution in [3.8, 4) is 0 Å². The van der Waals surface area contributed by atoms with Crippen molar-refractivity contribution >= 4 is 5.91 Å². The summed E-state index contributed by atoms with van der Waals surface area (Å²) < 4.78 is 0. The average molecular weight is 273 g/mol. The molecule has 0 bridgehead atoms. The fourth-order valence-corrected chi connectivity index (χ4v) is 3.70. The summed E-state index contributed by atoms with van der Waals surface area (Å²) in [5.74, 6) is 0.226. The quantitative estimate of drug-likeness (QED) is 0.826. The summed E-state index contributed by atoms with van der Waals surface area (Å²) in [7, 11) is 0. The van der Waals surface area contributed by atoms with Gasteiger partial charge in [0.05, 0.1) is 5.69 Å². The minimum absolute atomic E-state index is 0.226. The van der Waals surface area contributed by atoms with Crippen LogP contribution in [0, 0.1) is 5.41 Å². The van der Waals surface area contributed by atoms with Crippen molar-refractivity contribution in [2.24, 2.45) is 5.41 Å². The fourth-order valence-electron chi connectivity index (χ4n) is 3.70. The monoisotopic (exact) mass is 273 g/mol. The predicted octanol–water partition coefficient (Wildman–Crippen LogP) is 1.92. The van der Waals surface area contributed by atoms with Gasteiger partial charge in [-0.1, -0.05) is 6.07 Å². The summed E-state index contributed by atoms with van der Waals surface area (Å²) >= 11 is 0. The normalized spacial score (nSPS) is 27.1. The highest BCUT2D eigenvalue weighted by Crippen LogP contribution is 2.39. The van der Waals surface area contributed by atoms with E-state index in [2.05, 4.69) is 22.0 Å². The van der Waals surface area contributed by atoms with Crippen LogP contribution in [0.4, 0.5) is 0 Å². The highest BCUT2D eigenvalue weighted by atomic mass is 16.2. The third kappa shape index (κ3) is 2.85. The maximum Gasteiger partial charge on any atom is 0.219 e. The van der Waals surface area contributed by atoms with Gasteiger partial charge >= 0.3 is 0 Å². The van der Waals surface area contributed by atoms with Crippen molar-refractivity contribution in [1.82, 2.24) is 14.8 Å². The Morgan fingerprint density at radius 2 is 2.20 bits per heavy atom. The van der Waals surface area contributed by atoms with Crippen molar-refractivity contribution < 1.29 is 4.79 Å². The lowest BCUT2D eigenvalue weighted by atomic mass is 9.79. The summed E-state index contributed by atoms with van der Waals surface area (Å²) in [6.07, 6.45) is 5.52. The van der Waals surface area contributed by atoms with Crippen LogP contribution in [0.1, 0.15) is 31.9 Å². The SMILES string of the molecule is CC(=O)N1CC[C@@]2(CCCN(Cc3ccccn3)C2)C1. The van der Waals surface area contributed by atoms with Gasteiger partial charge in [0.15, 0.2) is 0 Å². The van der Waals surface area contributed by atoms with E-state index in [0.717, 1.165) is 44.8 Å². The molecule has 0 aliphatic carbocycles. The molecule has 2 saturated heterocycles. The van der Waals surface area contributed by atoms with E-state index in [9.17, 15) is 4.79 Å². The van der Waals surface area contributed by atoms with Crippen LogP contribution in [0.5, 0.6) is 0 Å². The van der Waals surface area contributed by atoms with Crippen LogP contribution in [0.2, 0.25) is 0 Å². The standard InChI is InChI=1S/C16H23N3O/c1-14(20)19-10-7-16(13-19)6-4-9-18(12-16)11-15-5-2-3-8-17-15/h2-3,5,8H,4,6-7,9-13H2,1H3/t16-/m1/s1. The third-order valence-corrected chi connectivity index (χ3v) is 4.74. The Kier molecular flexibility index (Phi) is 3.74. The van der Waals surface area contributed by atoms with Gasteiger partial charge < -0.3 is 4.90 Å². The summed E-state index contributed by atoms with van der Waals surface area (Å²) in [6, 6.07) is 6.11. The molecule has 0 saturated carbocycles. The molecular weight excluding hydrogens is 250 g/mol. The van der Waals surface area contributed by atoms with Crippen molar-refractivity contribution in [1.29, 1.82) is 0 Å². The maximum absolute atomic E-state index is 11.5. The Hall–Kier alpha value is -1.42. The molecule has 0 aromatic carbocycles. The number of carbonyl (C=O) groups excluding carboxylic acids is 1. The first kappa shape index (κ1) is 13.6. The van der Waals surface area contributed by atoms with Crippen LogP contribution in [0.15, 0.2) is 24.4 Å². The van der Waals surface area contributed by atoms with E-state index in [1.807, 2.05) is 17.2 Å². The van der Waals surface area contributed by atoms with Crippen LogP contribution in [-0.4, -0.2) is 46.9 Å².